The van der Waals surface area contributed by atoms with E-state index in [0.29, 0.717) is 18.7 Å². The highest BCUT2D eigenvalue weighted by Crippen LogP contribution is 2.24. The Bertz CT molecular complexity index is 899. The number of sulfone groups is 1. The second-order valence-electron chi connectivity index (χ2n) is 5.78. The Balaban J connectivity index is 1.54. The Kier molecular flexibility index (Phi) is 5.19. The summed E-state index contributed by atoms with van der Waals surface area (Å²) < 4.78 is 54.3. The summed E-state index contributed by atoms with van der Waals surface area (Å²) in [7, 11) is -2.96. The van der Waals surface area contributed by atoms with Gasteiger partial charge in [0.05, 0.1) is 17.3 Å². The third-order valence-corrected chi connectivity index (χ3v) is 6.46. The van der Waals surface area contributed by atoms with Crippen molar-refractivity contribution in [1.29, 1.82) is 0 Å². The molecule has 2 heterocycles. The van der Waals surface area contributed by atoms with Crippen LogP contribution in [0, 0.1) is 17.6 Å². The Labute approximate surface area is 146 Å². The lowest BCUT2D eigenvalue weighted by Crippen LogP contribution is -2.07. The molecule has 0 unspecified atom stereocenters. The second kappa shape index (κ2) is 7.20. The number of hydrogen-bond acceptors (Lipinski definition) is 7. The van der Waals surface area contributed by atoms with E-state index in [-0.39, 0.29) is 34.0 Å². The van der Waals surface area contributed by atoms with Crippen molar-refractivity contribution in [3.63, 3.8) is 0 Å². The van der Waals surface area contributed by atoms with Crippen molar-refractivity contribution < 1.29 is 26.4 Å². The summed E-state index contributed by atoms with van der Waals surface area (Å²) in [5, 5.41) is 7.83. The molecule has 1 saturated heterocycles. The minimum Gasteiger partial charge on any atom is -0.416 e. The molecule has 0 bridgehead atoms. The molecule has 0 N–H and O–H groups in total. The van der Waals surface area contributed by atoms with Gasteiger partial charge >= 0.3 is 0 Å². The maximum Gasteiger partial charge on any atom is 0.277 e. The van der Waals surface area contributed by atoms with Crippen LogP contribution in [0.2, 0.25) is 0 Å². The van der Waals surface area contributed by atoms with Gasteiger partial charge in [0.1, 0.15) is 0 Å². The largest absolute Gasteiger partial charge is 0.416 e. The van der Waals surface area contributed by atoms with Gasteiger partial charge in [-0.3, -0.25) is 4.79 Å². The lowest BCUT2D eigenvalue weighted by atomic mass is 10.1. The van der Waals surface area contributed by atoms with Crippen LogP contribution in [-0.4, -0.2) is 41.7 Å². The quantitative estimate of drug-likeness (QED) is 0.554. The van der Waals surface area contributed by atoms with Crippen LogP contribution < -0.4 is 0 Å². The van der Waals surface area contributed by atoms with Gasteiger partial charge in [-0.2, -0.15) is 0 Å². The molecule has 1 aromatic heterocycles. The van der Waals surface area contributed by atoms with Crippen LogP contribution in [0.3, 0.4) is 0 Å². The first-order valence-electron chi connectivity index (χ1n) is 7.46. The highest BCUT2D eigenvalue weighted by molar-refractivity contribution is 7.99. The van der Waals surface area contributed by atoms with Crippen molar-refractivity contribution in [3.8, 4) is 0 Å². The van der Waals surface area contributed by atoms with Gasteiger partial charge in [-0.05, 0) is 30.5 Å². The van der Waals surface area contributed by atoms with Gasteiger partial charge in [0.15, 0.2) is 27.3 Å². The third kappa shape index (κ3) is 4.63. The number of nitrogens with zero attached hydrogens (tertiary/aromatic N) is 2. The summed E-state index contributed by atoms with van der Waals surface area (Å²) in [5.41, 5.74) is 0.0577. The third-order valence-electron chi connectivity index (χ3n) is 3.81. The van der Waals surface area contributed by atoms with Crippen molar-refractivity contribution in [2.75, 3.05) is 17.3 Å². The minimum absolute atomic E-state index is 0.0351. The zero-order chi connectivity index (χ0) is 18.0. The SMILES string of the molecule is O=C(CSc1nnc(C[C@@H]2CCS(=O)(=O)C2)o1)c1ccc(F)c(F)c1. The summed E-state index contributed by atoms with van der Waals surface area (Å²) >= 11 is 0.988. The van der Waals surface area contributed by atoms with Crippen LogP contribution in [0.1, 0.15) is 22.7 Å². The van der Waals surface area contributed by atoms with Gasteiger partial charge in [0.25, 0.3) is 5.22 Å². The van der Waals surface area contributed by atoms with Gasteiger partial charge in [0.2, 0.25) is 5.89 Å². The van der Waals surface area contributed by atoms with Crippen LogP contribution >= 0.6 is 11.8 Å². The average molecular weight is 388 g/mol. The Morgan fingerprint density at radius 2 is 2.08 bits per heavy atom. The Morgan fingerprint density at radius 3 is 2.76 bits per heavy atom. The maximum atomic E-state index is 13.1. The summed E-state index contributed by atoms with van der Waals surface area (Å²) in [5.74, 6) is -1.97. The summed E-state index contributed by atoms with van der Waals surface area (Å²) in [6.07, 6.45) is 0.950. The second-order valence-corrected chi connectivity index (χ2v) is 8.93. The molecule has 1 fully saturated rings. The molecular weight excluding hydrogens is 374 g/mol. The fourth-order valence-electron chi connectivity index (χ4n) is 2.54. The van der Waals surface area contributed by atoms with E-state index < -0.39 is 27.3 Å². The number of aromatic nitrogens is 2. The molecule has 1 aromatic carbocycles. The van der Waals surface area contributed by atoms with E-state index in [2.05, 4.69) is 10.2 Å². The zero-order valence-electron chi connectivity index (χ0n) is 12.9. The molecule has 0 amide bonds. The van der Waals surface area contributed by atoms with Gasteiger partial charge < -0.3 is 4.42 Å². The van der Waals surface area contributed by atoms with E-state index in [1.54, 1.807) is 0 Å². The van der Waals surface area contributed by atoms with Gasteiger partial charge in [-0.15, -0.1) is 10.2 Å². The van der Waals surface area contributed by atoms with Crippen LogP contribution in [0.4, 0.5) is 8.78 Å². The molecular formula is C15H14F2N2O4S2. The topological polar surface area (TPSA) is 90.1 Å². The number of benzene rings is 1. The number of Topliss-reactive ketones (excluding diaryl/α,β-unsaturated/α-hetero) is 1. The monoisotopic (exact) mass is 388 g/mol. The van der Waals surface area contributed by atoms with Crippen LogP contribution in [-0.2, 0) is 16.3 Å². The molecule has 0 saturated carbocycles. The molecule has 10 heteroatoms. The van der Waals surface area contributed by atoms with E-state index in [9.17, 15) is 22.0 Å². The Hall–Kier alpha value is -1.81. The lowest BCUT2D eigenvalue weighted by Gasteiger charge is -2.02. The molecule has 1 atom stereocenters. The van der Waals surface area contributed by atoms with E-state index in [0.717, 1.165) is 23.9 Å². The van der Waals surface area contributed by atoms with E-state index in [1.807, 2.05) is 0 Å². The molecule has 1 aliphatic rings. The van der Waals surface area contributed by atoms with Gasteiger partial charge in [0, 0.05) is 12.0 Å². The standard InChI is InChI=1S/C15H14F2N2O4S2/c16-11-2-1-10(6-12(11)17)13(20)7-24-15-19-18-14(23-15)5-9-3-4-25(21,22)8-9/h1-2,6,9H,3-5,7-8H2/t9-/m0/s1. The lowest BCUT2D eigenvalue weighted by molar-refractivity contribution is 0.102. The molecule has 0 aliphatic carbocycles. The van der Waals surface area contributed by atoms with Crippen molar-refractivity contribution in [3.05, 3.63) is 41.3 Å². The smallest absolute Gasteiger partial charge is 0.277 e. The van der Waals surface area contributed by atoms with Crippen molar-refractivity contribution >= 4 is 27.4 Å². The first-order valence-corrected chi connectivity index (χ1v) is 10.3. The van der Waals surface area contributed by atoms with E-state index in [1.165, 1.54) is 6.07 Å². The predicted octanol–water partition coefficient (Wildman–Crippen LogP) is 2.30. The van der Waals surface area contributed by atoms with Crippen LogP contribution in [0.25, 0.3) is 0 Å². The first-order chi connectivity index (χ1) is 11.8. The fourth-order valence-corrected chi connectivity index (χ4v) is 5.08. The molecule has 0 radical (unpaired) electrons. The van der Waals surface area contributed by atoms with Gasteiger partial charge in [-0.1, -0.05) is 11.8 Å². The first kappa shape index (κ1) is 18.0. The molecule has 6 nitrogen and oxygen atoms in total. The number of rotatable bonds is 6. The molecule has 2 aromatic rings. The maximum absolute atomic E-state index is 13.1. The molecule has 25 heavy (non-hydrogen) atoms. The average Bonchev–Trinajstić information content (AvgIpc) is 3.14. The Morgan fingerprint density at radius 1 is 1.28 bits per heavy atom. The minimum atomic E-state index is -2.96. The summed E-state index contributed by atoms with van der Waals surface area (Å²) in [6.45, 7) is 0. The van der Waals surface area contributed by atoms with Crippen LogP contribution in [0.15, 0.2) is 27.8 Å². The molecule has 0 spiro atoms. The zero-order valence-corrected chi connectivity index (χ0v) is 14.6. The van der Waals surface area contributed by atoms with Crippen molar-refractivity contribution in [2.24, 2.45) is 5.92 Å². The highest BCUT2D eigenvalue weighted by Gasteiger charge is 2.29. The fraction of sp³-hybridized carbons (Fsp3) is 0.400. The number of carbonyl (C=O) groups excluding carboxylic acids is 1. The van der Waals surface area contributed by atoms with Crippen molar-refractivity contribution in [2.45, 2.75) is 18.1 Å². The number of ketones is 1. The highest BCUT2D eigenvalue weighted by atomic mass is 32.2. The number of thioether (sulfide) groups is 1. The van der Waals surface area contributed by atoms with E-state index in [4.69, 9.17) is 4.42 Å². The normalized spacial score (nSPS) is 19.2. The summed E-state index contributed by atoms with van der Waals surface area (Å²) in [6, 6.07) is 2.95. The number of hydrogen-bond donors (Lipinski definition) is 0. The molecule has 3 rings (SSSR count). The van der Waals surface area contributed by atoms with Gasteiger partial charge in [-0.25, -0.2) is 17.2 Å². The molecule has 134 valence electrons. The summed E-state index contributed by atoms with van der Waals surface area (Å²) in [4.78, 5) is 12.0. The predicted molar refractivity (Wildman–Crippen MR) is 86.2 cm³/mol. The van der Waals surface area contributed by atoms with Crippen LogP contribution in [0.5, 0.6) is 0 Å². The van der Waals surface area contributed by atoms with Crippen molar-refractivity contribution in [1.82, 2.24) is 10.2 Å². The number of carbonyl (C=O) groups is 1. The van der Waals surface area contributed by atoms with E-state index >= 15 is 0 Å². The molecule has 1 aliphatic heterocycles. The number of halogens is 2.